The van der Waals surface area contributed by atoms with Crippen LogP contribution in [0.2, 0.25) is 0 Å². The number of pyridine rings is 1. The van der Waals surface area contributed by atoms with Crippen molar-refractivity contribution in [1.29, 1.82) is 0 Å². The summed E-state index contributed by atoms with van der Waals surface area (Å²) in [6.07, 6.45) is 1.75. The molecule has 0 aliphatic carbocycles. The standard InChI is InChI=1S/C19H25N5OS.2ClH/c1-12(2)24-18-15(11-21-24)14(19(25)23(5)9-8-20-4)10-16(22-18)17-7-6-13(3)26-17;;/h6-7,10-12,20H,8-9H2,1-5H3;2*1H. The normalized spacial score (nSPS) is 10.6. The van der Waals surface area contributed by atoms with E-state index in [1.807, 2.05) is 24.8 Å². The molecule has 0 saturated carbocycles. The summed E-state index contributed by atoms with van der Waals surface area (Å²) in [6.45, 7) is 7.60. The van der Waals surface area contributed by atoms with Crippen molar-refractivity contribution in [1.82, 2.24) is 25.0 Å². The second kappa shape index (κ2) is 10.2. The lowest BCUT2D eigenvalue weighted by molar-refractivity contribution is 0.0798. The van der Waals surface area contributed by atoms with Crippen molar-refractivity contribution in [2.24, 2.45) is 0 Å². The quantitative estimate of drug-likeness (QED) is 0.620. The Bertz CT molecular complexity index is 938. The predicted octanol–water partition coefficient (Wildman–Crippen LogP) is 4.18. The van der Waals surface area contributed by atoms with Crippen LogP contribution in [0.5, 0.6) is 0 Å². The Morgan fingerprint density at radius 2 is 2.04 bits per heavy atom. The summed E-state index contributed by atoms with van der Waals surface area (Å²) in [7, 11) is 3.71. The molecule has 0 atom stereocenters. The summed E-state index contributed by atoms with van der Waals surface area (Å²) >= 11 is 1.68. The van der Waals surface area contributed by atoms with Gasteiger partial charge in [-0.15, -0.1) is 36.2 Å². The average Bonchev–Trinajstić information content (AvgIpc) is 3.24. The molecule has 0 fully saturated rings. The molecule has 3 heterocycles. The SMILES string of the molecule is CNCCN(C)C(=O)c1cc(-c2ccc(C)s2)nc2c1cnn2C(C)C.Cl.Cl. The first-order chi connectivity index (χ1) is 12.4. The topological polar surface area (TPSA) is 63.1 Å². The van der Waals surface area contributed by atoms with E-state index in [9.17, 15) is 4.79 Å². The van der Waals surface area contributed by atoms with Crippen molar-refractivity contribution in [2.75, 3.05) is 27.2 Å². The highest BCUT2D eigenvalue weighted by Gasteiger charge is 2.21. The number of aryl methyl sites for hydroxylation is 1. The molecule has 0 radical (unpaired) electrons. The van der Waals surface area contributed by atoms with E-state index in [4.69, 9.17) is 4.98 Å². The zero-order chi connectivity index (χ0) is 18.8. The maximum absolute atomic E-state index is 13.1. The maximum Gasteiger partial charge on any atom is 0.254 e. The number of hydrogen-bond donors (Lipinski definition) is 1. The van der Waals surface area contributed by atoms with Crippen molar-refractivity contribution < 1.29 is 4.79 Å². The third-order valence-electron chi connectivity index (χ3n) is 4.32. The van der Waals surface area contributed by atoms with Crippen LogP contribution >= 0.6 is 36.2 Å². The Morgan fingerprint density at radius 3 is 2.61 bits per heavy atom. The maximum atomic E-state index is 13.1. The molecule has 3 aromatic heterocycles. The molecule has 3 aromatic rings. The molecule has 0 aliphatic rings. The molecule has 0 aromatic carbocycles. The molecular weight excluding hydrogens is 417 g/mol. The molecular formula is C19H27Cl2N5OS. The zero-order valence-electron chi connectivity index (χ0n) is 16.7. The predicted molar refractivity (Wildman–Crippen MR) is 121 cm³/mol. The number of likely N-dealkylation sites (N-methyl/N-ethyl adjacent to an activating group) is 2. The lowest BCUT2D eigenvalue weighted by Crippen LogP contribution is -2.33. The number of carbonyl (C=O) groups excluding carboxylic acids is 1. The fourth-order valence-electron chi connectivity index (χ4n) is 2.86. The van der Waals surface area contributed by atoms with Gasteiger partial charge in [-0.2, -0.15) is 5.10 Å². The summed E-state index contributed by atoms with van der Waals surface area (Å²) < 4.78 is 1.88. The molecule has 0 unspecified atom stereocenters. The van der Waals surface area contributed by atoms with Crippen molar-refractivity contribution in [3.8, 4) is 10.6 Å². The number of rotatable bonds is 6. The van der Waals surface area contributed by atoms with Crippen molar-refractivity contribution in [3.05, 3.63) is 34.8 Å². The third kappa shape index (κ3) is 4.84. The average molecular weight is 444 g/mol. The van der Waals surface area contributed by atoms with Crippen molar-refractivity contribution >= 4 is 53.1 Å². The van der Waals surface area contributed by atoms with Gasteiger partial charge in [0.2, 0.25) is 0 Å². The van der Waals surface area contributed by atoms with Crippen LogP contribution in [0.25, 0.3) is 21.6 Å². The summed E-state index contributed by atoms with van der Waals surface area (Å²) in [6, 6.07) is 6.21. The molecule has 0 bridgehead atoms. The van der Waals surface area contributed by atoms with E-state index in [1.54, 1.807) is 22.4 Å². The second-order valence-electron chi connectivity index (χ2n) is 6.72. The molecule has 0 saturated heterocycles. The fourth-order valence-corrected chi connectivity index (χ4v) is 3.69. The highest BCUT2D eigenvalue weighted by molar-refractivity contribution is 7.15. The fraction of sp³-hybridized carbons (Fsp3) is 0.421. The third-order valence-corrected chi connectivity index (χ3v) is 5.35. The first kappa shape index (κ1) is 24.4. The van der Waals surface area contributed by atoms with Gasteiger partial charge in [0.05, 0.1) is 27.7 Å². The van der Waals surface area contributed by atoms with E-state index in [0.717, 1.165) is 28.1 Å². The molecule has 28 heavy (non-hydrogen) atoms. The van der Waals surface area contributed by atoms with E-state index < -0.39 is 0 Å². The van der Waals surface area contributed by atoms with Gasteiger partial charge in [0.15, 0.2) is 5.65 Å². The van der Waals surface area contributed by atoms with Crippen LogP contribution in [-0.4, -0.2) is 52.8 Å². The van der Waals surface area contributed by atoms with E-state index in [-0.39, 0.29) is 36.8 Å². The van der Waals surface area contributed by atoms with Crippen LogP contribution in [0.4, 0.5) is 0 Å². The molecule has 0 spiro atoms. The van der Waals surface area contributed by atoms with Crippen LogP contribution in [-0.2, 0) is 0 Å². The highest BCUT2D eigenvalue weighted by Crippen LogP contribution is 2.31. The smallest absolute Gasteiger partial charge is 0.254 e. The number of nitrogens with zero attached hydrogens (tertiary/aromatic N) is 4. The Hall–Kier alpha value is -1.67. The Labute approximate surface area is 182 Å². The van der Waals surface area contributed by atoms with Gasteiger partial charge in [0.1, 0.15) is 0 Å². The number of thiophene rings is 1. The van der Waals surface area contributed by atoms with Gasteiger partial charge in [-0.25, -0.2) is 9.67 Å². The van der Waals surface area contributed by atoms with Crippen LogP contribution in [0, 0.1) is 6.92 Å². The summed E-state index contributed by atoms with van der Waals surface area (Å²) in [5.74, 6) is -0.00881. The van der Waals surface area contributed by atoms with Crippen LogP contribution in [0.3, 0.4) is 0 Å². The number of nitrogens with one attached hydrogen (secondary N) is 1. The molecule has 3 rings (SSSR count). The minimum atomic E-state index is -0.00881. The van der Waals surface area contributed by atoms with E-state index in [1.165, 1.54) is 4.88 Å². The molecule has 1 amide bonds. The molecule has 0 aliphatic heterocycles. The van der Waals surface area contributed by atoms with E-state index >= 15 is 0 Å². The highest BCUT2D eigenvalue weighted by atomic mass is 35.5. The Kier molecular flexibility index (Phi) is 8.88. The van der Waals surface area contributed by atoms with Gasteiger partial charge in [-0.1, -0.05) is 0 Å². The second-order valence-corrected chi connectivity index (χ2v) is 8.00. The Morgan fingerprint density at radius 1 is 1.32 bits per heavy atom. The monoisotopic (exact) mass is 443 g/mol. The van der Waals surface area contributed by atoms with Crippen LogP contribution in [0.15, 0.2) is 24.4 Å². The van der Waals surface area contributed by atoms with Crippen LogP contribution in [0.1, 0.15) is 35.1 Å². The van der Waals surface area contributed by atoms with Gasteiger partial charge >= 0.3 is 0 Å². The number of halogens is 2. The van der Waals surface area contributed by atoms with Crippen LogP contribution < -0.4 is 5.32 Å². The Balaban J connectivity index is 0.00000196. The molecule has 1 N–H and O–H groups in total. The summed E-state index contributed by atoms with van der Waals surface area (Å²) in [4.78, 5) is 21.9. The van der Waals surface area contributed by atoms with E-state index in [2.05, 4.69) is 43.3 Å². The molecule has 6 nitrogen and oxygen atoms in total. The number of carbonyl (C=O) groups is 1. The lowest BCUT2D eigenvalue weighted by atomic mass is 10.1. The van der Waals surface area contributed by atoms with Crippen molar-refractivity contribution in [2.45, 2.75) is 26.8 Å². The minimum Gasteiger partial charge on any atom is -0.340 e. The van der Waals surface area contributed by atoms with Gasteiger partial charge in [-0.05, 0) is 46.0 Å². The molecule has 9 heteroatoms. The van der Waals surface area contributed by atoms with Gasteiger partial charge in [0, 0.05) is 31.1 Å². The lowest BCUT2D eigenvalue weighted by Gasteiger charge is -2.18. The van der Waals surface area contributed by atoms with E-state index in [0.29, 0.717) is 12.1 Å². The first-order valence-electron chi connectivity index (χ1n) is 8.77. The first-order valence-corrected chi connectivity index (χ1v) is 9.59. The van der Waals surface area contributed by atoms with Crippen molar-refractivity contribution in [3.63, 3.8) is 0 Å². The number of fused-ring (bicyclic) bond motifs is 1. The minimum absolute atomic E-state index is 0. The summed E-state index contributed by atoms with van der Waals surface area (Å²) in [5, 5.41) is 8.36. The summed E-state index contributed by atoms with van der Waals surface area (Å²) in [5.41, 5.74) is 2.24. The molecule has 154 valence electrons. The van der Waals surface area contributed by atoms with Gasteiger partial charge in [0.25, 0.3) is 5.91 Å². The zero-order valence-corrected chi connectivity index (χ0v) is 19.2. The number of hydrogen-bond acceptors (Lipinski definition) is 5. The van der Waals surface area contributed by atoms with Gasteiger partial charge in [-0.3, -0.25) is 4.79 Å². The largest absolute Gasteiger partial charge is 0.340 e. The van der Waals surface area contributed by atoms with Gasteiger partial charge < -0.3 is 10.2 Å². The number of aromatic nitrogens is 3. The number of amides is 1.